The highest BCUT2D eigenvalue weighted by Gasteiger charge is 2.28. The van der Waals surface area contributed by atoms with Crippen LogP contribution in [0.15, 0.2) is 0 Å². The molecule has 6 nitrogen and oxygen atoms in total. The molecule has 158 valence electrons. The number of hydrogen-bond acceptors (Lipinski definition) is 6. The Hall–Kier alpha value is 0.300. The summed E-state index contributed by atoms with van der Waals surface area (Å²) in [6.07, 6.45) is 3.11. The Balaban J connectivity index is 4.80. The second kappa shape index (κ2) is 16.3. The summed E-state index contributed by atoms with van der Waals surface area (Å²) in [5.74, 6) is 0. The quantitative estimate of drug-likeness (QED) is 0.236. The fourth-order valence-corrected chi connectivity index (χ4v) is 8.64. The van der Waals surface area contributed by atoms with E-state index in [2.05, 4.69) is 0 Å². The molecule has 8 heteroatoms. The summed E-state index contributed by atoms with van der Waals surface area (Å²) in [4.78, 5) is 0. The summed E-state index contributed by atoms with van der Waals surface area (Å²) in [7, 11) is -4.91. The Morgan fingerprint density at radius 1 is 0.462 bits per heavy atom. The smallest absolute Gasteiger partial charge is 0.0927 e. The molecule has 0 aliphatic rings. The summed E-state index contributed by atoms with van der Waals surface area (Å²) in [5, 5.41) is 0. The van der Waals surface area contributed by atoms with Gasteiger partial charge < -0.3 is 28.1 Å². The van der Waals surface area contributed by atoms with Crippen LogP contribution in [0.1, 0.15) is 27.7 Å². The standard InChI is InChI=1S/C18H40O6P2/c1-5-21-9-13-25(19,14-10-22-6-2)17-18-26(20,15-11-23-7-3)16-12-24-8-4/h5-18H2,1-4H3. The molecule has 26 heavy (non-hydrogen) atoms. The van der Waals surface area contributed by atoms with Crippen molar-refractivity contribution in [1.82, 2.24) is 0 Å². The highest BCUT2D eigenvalue weighted by Crippen LogP contribution is 2.52. The second-order valence-electron chi connectivity index (χ2n) is 6.25. The SMILES string of the molecule is CCOCCP(=O)(CCOCC)CCP(=O)(CCOCC)CCOCC. The minimum Gasteiger partial charge on any atom is -0.381 e. The van der Waals surface area contributed by atoms with Crippen molar-refractivity contribution >= 4 is 14.3 Å². The molecule has 0 atom stereocenters. The third kappa shape index (κ3) is 13.5. The van der Waals surface area contributed by atoms with E-state index >= 15 is 0 Å². The van der Waals surface area contributed by atoms with Gasteiger partial charge in [0, 0.05) is 63.4 Å². The maximum Gasteiger partial charge on any atom is 0.0927 e. The normalized spacial score (nSPS) is 12.6. The molecule has 0 aromatic carbocycles. The third-order valence-corrected chi connectivity index (χ3v) is 10.7. The van der Waals surface area contributed by atoms with Crippen LogP contribution in [-0.4, -0.2) is 89.8 Å². The molecular formula is C18H40O6P2. The van der Waals surface area contributed by atoms with E-state index in [1.54, 1.807) is 0 Å². The van der Waals surface area contributed by atoms with Gasteiger partial charge in [-0.15, -0.1) is 0 Å². The Morgan fingerprint density at radius 2 is 0.692 bits per heavy atom. The zero-order chi connectivity index (χ0) is 19.7. The van der Waals surface area contributed by atoms with Gasteiger partial charge in [0.15, 0.2) is 0 Å². The molecule has 0 unspecified atom stereocenters. The number of rotatable bonds is 19. The first-order valence-electron chi connectivity index (χ1n) is 9.90. The van der Waals surface area contributed by atoms with E-state index in [9.17, 15) is 9.13 Å². The van der Waals surface area contributed by atoms with Crippen LogP contribution in [-0.2, 0) is 28.1 Å². The molecular weight excluding hydrogens is 374 g/mol. The van der Waals surface area contributed by atoms with E-state index in [4.69, 9.17) is 18.9 Å². The predicted octanol–water partition coefficient (Wildman–Crippen LogP) is 3.86. The van der Waals surface area contributed by atoms with Crippen molar-refractivity contribution in [2.45, 2.75) is 27.7 Å². The van der Waals surface area contributed by atoms with Crippen LogP contribution in [0.4, 0.5) is 0 Å². The van der Waals surface area contributed by atoms with E-state index in [1.807, 2.05) is 27.7 Å². The molecule has 0 rings (SSSR count). The molecule has 0 aromatic rings. The van der Waals surface area contributed by atoms with Gasteiger partial charge >= 0.3 is 0 Å². The molecule has 0 heterocycles. The molecule has 0 fully saturated rings. The maximum atomic E-state index is 13.3. The second-order valence-corrected chi connectivity index (χ2v) is 13.2. The van der Waals surface area contributed by atoms with E-state index < -0.39 is 14.3 Å². The van der Waals surface area contributed by atoms with Gasteiger partial charge in [-0.3, -0.25) is 0 Å². The van der Waals surface area contributed by atoms with Crippen LogP contribution in [0.5, 0.6) is 0 Å². The van der Waals surface area contributed by atoms with Crippen LogP contribution in [0.3, 0.4) is 0 Å². The van der Waals surface area contributed by atoms with Crippen LogP contribution in [0.25, 0.3) is 0 Å². The minimum atomic E-state index is -2.46. The van der Waals surface area contributed by atoms with E-state index in [0.717, 1.165) is 0 Å². The first-order chi connectivity index (χ1) is 12.4. The van der Waals surface area contributed by atoms with Crippen LogP contribution in [0.2, 0.25) is 0 Å². The monoisotopic (exact) mass is 414 g/mol. The van der Waals surface area contributed by atoms with Gasteiger partial charge in [0.25, 0.3) is 0 Å². The Kier molecular flexibility index (Phi) is 16.5. The van der Waals surface area contributed by atoms with E-state index in [1.165, 1.54) is 0 Å². The molecule has 0 amide bonds. The Labute approximate surface area is 160 Å². The zero-order valence-corrected chi connectivity index (χ0v) is 19.0. The fourth-order valence-electron chi connectivity index (χ4n) is 2.54. The van der Waals surface area contributed by atoms with Gasteiger partial charge in [-0.1, -0.05) is 0 Å². The molecule has 0 aromatic heterocycles. The molecule has 0 bridgehead atoms. The maximum absolute atomic E-state index is 13.3. The Morgan fingerprint density at radius 3 is 0.885 bits per heavy atom. The summed E-state index contributed by atoms with van der Waals surface area (Å²) >= 11 is 0. The molecule has 0 radical (unpaired) electrons. The lowest BCUT2D eigenvalue weighted by Gasteiger charge is -2.23. The molecule has 0 aliphatic heterocycles. The largest absolute Gasteiger partial charge is 0.381 e. The van der Waals surface area contributed by atoms with Gasteiger partial charge in [-0.2, -0.15) is 0 Å². The summed E-state index contributed by atoms with van der Waals surface area (Å²) in [5.41, 5.74) is 0. The summed E-state index contributed by atoms with van der Waals surface area (Å²) < 4.78 is 48.3. The first kappa shape index (κ1) is 26.3. The van der Waals surface area contributed by atoms with E-state index in [0.29, 0.717) is 89.8 Å². The molecule has 0 N–H and O–H groups in total. The lowest BCUT2D eigenvalue weighted by molar-refractivity contribution is 0.158. The van der Waals surface area contributed by atoms with Gasteiger partial charge in [-0.05, 0) is 27.7 Å². The molecule has 0 spiro atoms. The van der Waals surface area contributed by atoms with Gasteiger partial charge in [0.05, 0.1) is 40.7 Å². The van der Waals surface area contributed by atoms with Crippen LogP contribution >= 0.6 is 14.3 Å². The lowest BCUT2D eigenvalue weighted by Crippen LogP contribution is -2.16. The van der Waals surface area contributed by atoms with Crippen molar-refractivity contribution in [3.05, 3.63) is 0 Å². The highest BCUT2D eigenvalue weighted by molar-refractivity contribution is 7.68. The van der Waals surface area contributed by atoms with Crippen molar-refractivity contribution in [2.24, 2.45) is 0 Å². The summed E-state index contributed by atoms with van der Waals surface area (Å²) in [6, 6.07) is 0. The summed E-state index contributed by atoms with van der Waals surface area (Å²) in [6.45, 7) is 12.1. The van der Waals surface area contributed by atoms with Gasteiger partial charge in [0.1, 0.15) is 0 Å². The lowest BCUT2D eigenvalue weighted by atomic mass is 10.8. The Bertz CT molecular complexity index is 350. The first-order valence-corrected chi connectivity index (χ1v) is 14.4. The zero-order valence-electron chi connectivity index (χ0n) is 17.2. The molecule has 0 saturated heterocycles. The van der Waals surface area contributed by atoms with Crippen molar-refractivity contribution in [3.8, 4) is 0 Å². The van der Waals surface area contributed by atoms with Crippen molar-refractivity contribution in [2.75, 3.05) is 89.8 Å². The van der Waals surface area contributed by atoms with Gasteiger partial charge in [-0.25, -0.2) is 0 Å². The highest BCUT2D eigenvalue weighted by atomic mass is 31.2. The molecule has 0 aliphatic carbocycles. The van der Waals surface area contributed by atoms with Crippen molar-refractivity contribution < 1.29 is 28.1 Å². The van der Waals surface area contributed by atoms with Crippen molar-refractivity contribution in [1.29, 1.82) is 0 Å². The van der Waals surface area contributed by atoms with Crippen LogP contribution < -0.4 is 0 Å². The minimum absolute atomic E-state index is 0.488. The average molecular weight is 414 g/mol. The number of hydrogen-bond donors (Lipinski definition) is 0. The molecule has 0 saturated carbocycles. The topological polar surface area (TPSA) is 71.1 Å². The predicted molar refractivity (Wildman–Crippen MR) is 110 cm³/mol. The van der Waals surface area contributed by atoms with Gasteiger partial charge in [0.2, 0.25) is 0 Å². The third-order valence-electron chi connectivity index (χ3n) is 4.30. The average Bonchev–Trinajstić information content (AvgIpc) is 2.61. The van der Waals surface area contributed by atoms with E-state index in [-0.39, 0.29) is 0 Å². The van der Waals surface area contributed by atoms with Crippen LogP contribution in [0, 0.1) is 0 Å². The van der Waals surface area contributed by atoms with Crippen molar-refractivity contribution in [3.63, 3.8) is 0 Å². The number of ether oxygens (including phenoxy) is 4. The fraction of sp³-hybridized carbons (Fsp3) is 1.00.